The van der Waals surface area contributed by atoms with E-state index in [-0.39, 0.29) is 12.2 Å². The number of Topliss-reactive ketones (excluding diaryl/α,β-unsaturated/α-hetero) is 1. The second-order valence-corrected chi connectivity index (χ2v) is 2.66. The molecule has 1 atom stereocenters. The van der Waals surface area contributed by atoms with Crippen LogP contribution in [-0.2, 0) is 19.1 Å². The fourth-order valence-electron chi connectivity index (χ4n) is 0.842. The molecule has 0 heterocycles. The number of carbonyl (C=O) groups excluding carboxylic acids is 2. The highest BCUT2D eigenvalue weighted by Gasteiger charge is 2.21. The van der Waals surface area contributed by atoms with Gasteiger partial charge in [0.1, 0.15) is 11.7 Å². The molecule has 0 fully saturated rings. The summed E-state index contributed by atoms with van der Waals surface area (Å²) in [5, 5.41) is 0. The van der Waals surface area contributed by atoms with Crippen molar-refractivity contribution in [3.05, 3.63) is 0 Å². The van der Waals surface area contributed by atoms with Crippen LogP contribution >= 0.6 is 0 Å². The topological polar surface area (TPSA) is 52.6 Å². The van der Waals surface area contributed by atoms with Crippen molar-refractivity contribution < 1.29 is 19.1 Å². The predicted molar refractivity (Wildman–Crippen MR) is 47.3 cm³/mol. The maximum atomic E-state index is 11.2. The number of methoxy groups -OCH3 is 1. The Kier molecular flexibility index (Phi) is 6.14. The Labute approximate surface area is 78.2 Å². The number of rotatable bonds is 6. The highest BCUT2D eigenvalue weighted by Crippen LogP contribution is 2.02. The first kappa shape index (κ1) is 12.1. The van der Waals surface area contributed by atoms with Crippen molar-refractivity contribution in [3.8, 4) is 0 Å². The zero-order valence-corrected chi connectivity index (χ0v) is 8.33. The van der Waals surface area contributed by atoms with Crippen LogP contribution in [0.1, 0.15) is 20.3 Å². The van der Waals surface area contributed by atoms with Crippen LogP contribution in [0.15, 0.2) is 0 Å². The average molecular weight is 188 g/mol. The minimum Gasteiger partial charge on any atom is -0.468 e. The summed E-state index contributed by atoms with van der Waals surface area (Å²) in [6.07, 6.45) is 0.268. The van der Waals surface area contributed by atoms with E-state index in [1.54, 1.807) is 6.92 Å². The maximum Gasteiger partial charge on any atom is 0.315 e. The number of ether oxygens (including phenoxy) is 2. The molecule has 0 rings (SSSR count). The van der Waals surface area contributed by atoms with Crippen molar-refractivity contribution in [1.82, 2.24) is 0 Å². The van der Waals surface area contributed by atoms with Crippen LogP contribution in [0.3, 0.4) is 0 Å². The zero-order valence-electron chi connectivity index (χ0n) is 8.33. The van der Waals surface area contributed by atoms with Crippen LogP contribution in [0.5, 0.6) is 0 Å². The summed E-state index contributed by atoms with van der Waals surface area (Å²) < 4.78 is 9.43. The van der Waals surface area contributed by atoms with Crippen LogP contribution in [0.25, 0.3) is 0 Å². The largest absolute Gasteiger partial charge is 0.468 e. The zero-order chi connectivity index (χ0) is 10.3. The monoisotopic (exact) mass is 188 g/mol. The molecule has 0 spiro atoms. The van der Waals surface area contributed by atoms with E-state index >= 15 is 0 Å². The molecular formula is C9H16O4. The van der Waals surface area contributed by atoms with Gasteiger partial charge in [-0.05, 0) is 13.8 Å². The first-order chi connectivity index (χ1) is 6.13. The van der Waals surface area contributed by atoms with Gasteiger partial charge < -0.3 is 9.47 Å². The third-order valence-corrected chi connectivity index (χ3v) is 1.73. The van der Waals surface area contributed by atoms with Gasteiger partial charge in [-0.2, -0.15) is 0 Å². The molecule has 4 heteroatoms. The molecule has 0 aromatic carbocycles. The Morgan fingerprint density at radius 1 is 1.38 bits per heavy atom. The van der Waals surface area contributed by atoms with Gasteiger partial charge >= 0.3 is 5.97 Å². The highest BCUT2D eigenvalue weighted by atomic mass is 16.5. The van der Waals surface area contributed by atoms with Crippen molar-refractivity contribution in [3.63, 3.8) is 0 Å². The van der Waals surface area contributed by atoms with Crippen LogP contribution in [-0.4, -0.2) is 32.1 Å². The molecule has 0 aromatic heterocycles. The van der Waals surface area contributed by atoms with Crippen molar-refractivity contribution in [2.24, 2.45) is 5.92 Å². The smallest absolute Gasteiger partial charge is 0.315 e. The van der Waals surface area contributed by atoms with E-state index in [2.05, 4.69) is 4.74 Å². The Balaban J connectivity index is 3.76. The van der Waals surface area contributed by atoms with E-state index in [4.69, 9.17) is 4.74 Å². The SMILES string of the molecule is CCOCCC(=O)C(C)C(=O)OC. The standard InChI is InChI=1S/C9H16O4/c1-4-13-6-5-8(10)7(2)9(11)12-3/h7H,4-6H2,1-3H3. The van der Waals surface area contributed by atoms with Crippen LogP contribution in [0.4, 0.5) is 0 Å². The summed E-state index contributed by atoms with van der Waals surface area (Å²) in [6.45, 7) is 4.35. The molecule has 0 aromatic rings. The molecule has 0 aliphatic heterocycles. The molecule has 0 radical (unpaired) electrons. The fraction of sp³-hybridized carbons (Fsp3) is 0.778. The van der Waals surface area contributed by atoms with Crippen LogP contribution in [0, 0.1) is 5.92 Å². The molecule has 13 heavy (non-hydrogen) atoms. The summed E-state index contributed by atoms with van der Waals surface area (Å²) in [5.74, 6) is -1.30. The predicted octanol–water partition coefficient (Wildman–Crippen LogP) is 0.791. The lowest BCUT2D eigenvalue weighted by atomic mass is 10.1. The van der Waals surface area contributed by atoms with E-state index in [1.165, 1.54) is 7.11 Å². The van der Waals surface area contributed by atoms with E-state index in [1.807, 2.05) is 6.92 Å². The molecule has 4 nitrogen and oxygen atoms in total. The molecule has 0 aliphatic rings. The van der Waals surface area contributed by atoms with E-state index in [9.17, 15) is 9.59 Å². The third-order valence-electron chi connectivity index (χ3n) is 1.73. The molecule has 1 unspecified atom stereocenters. The molecule has 0 amide bonds. The Morgan fingerprint density at radius 2 is 2.00 bits per heavy atom. The molecule has 0 bridgehead atoms. The lowest BCUT2D eigenvalue weighted by Gasteiger charge is -2.07. The van der Waals surface area contributed by atoms with Gasteiger partial charge in [0.2, 0.25) is 0 Å². The van der Waals surface area contributed by atoms with E-state index < -0.39 is 11.9 Å². The molecule has 0 saturated heterocycles. The van der Waals surface area contributed by atoms with Gasteiger partial charge in [-0.3, -0.25) is 9.59 Å². The summed E-state index contributed by atoms with van der Waals surface area (Å²) in [5.41, 5.74) is 0. The highest BCUT2D eigenvalue weighted by molar-refractivity contribution is 5.98. The van der Waals surface area contributed by atoms with Gasteiger partial charge in [0.25, 0.3) is 0 Å². The minimum atomic E-state index is -0.676. The lowest BCUT2D eigenvalue weighted by molar-refractivity contribution is -0.148. The molecule has 0 N–H and O–H groups in total. The van der Waals surface area contributed by atoms with Gasteiger partial charge in [0.15, 0.2) is 0 Å². The molecule has 76 valence electrons. The summed E-state index contributed by atoms with van der Waals surface area (Å²) in [4.78, 5) is 22.1. The number of ketones is 1. The maximum absolute atomic E-state index is 11.2. The minimum absolute atomic E-state index is 0.139. The Morgan fingerprint density at radius 3 is 2.46 bits per heavy atom. The fourth-order valence-corrected chi connectivity index (χ4v) is 0.842. The van der Waals surface area contributed by atoms with Crippen molar-refractivity contribution >= 4 is 11.8 Å². The van der Waals surface area contributed by atoms with Crippen LogP contribution in [0.2, 0.25) is 0 Å². The van der Waals surface area contributed by atoms with E-state index in [0.717, 1.165) is 0 Å². The normalized spacial score (nSPS) is 12.2. The number of hydrogen-bond acceptors (Lipinski definition) is 4. The molecule has 0 saturated carbocycles. The first-order valence-corrected chi connectivity index (χ1v) is 4.31. The van der Waals surface area contributed by atoms with Gasteiger partial charge in [-0.15, -0.1) is 0 Å². The summed E-state index contributed by atoms with van der Waals surface area (Å²) >= 11 is 0. The van der Waals surface area contributed by atoms with Gasteiger partial charge in [0.05, 0.1) is 13.7 Å². The number of esters is 1. The second kappa shape index (κ2) is 6.60. The molecular weight excluding hydrogens is 172 g/mol. The molecule has 0 aliphatic carbocycles. The summed E-state index contributed by atoms with van der Waals surface area (Å²) in [6, 6.07) is 0. The van der Waals surface area contributed by atoms with Crippen LogP contribution < -0.4 is 0 Å². The van der Waals surface area contributed by atoms with Gasteiger partial charge in [0, 0.05) is 13.0 Å². The second-order valence-electron chi connectivity index (χ2n) is 2.66. The first-order valence-electron chi connectivity index (χ1n) is 4.31. The Bertz CT molecular complexity index is 176. The van der Waals surface area contributed by atoms with Gasteiger partial charge in [-0.1, -0.05) is 0 Å². The third kappa shape index (κ3) is 4.62. The number of carbonyl (C=O) groups is 2. The van der Waals surface area contributed by atoms with E-state index in [0.29, 0.717) is 13.2 Å². The van der Waals surface area contributed by atoms with Crippen molar-refractivity contribution in [1.29, 1.82) is 0 Å². The lowest BCUT2D eigenvalue weighted by Crippen LogP contribution is -2.23. The summed E-state index contributed by atoms with van der Waals surface area (Å²) in [7, 11) is 1.27. The Hall–Kier alpha value is -0.900. The average Bonchev–Trinajstić information content (AvgIpc) is 2.15. The van der Waals surface area contributed by atoms with Crippen molar-refractivity contribution in [2.75, 3.05) is 20.3 Å². The van der Waals surface area contributed by atoms with Crippen molar-refractivity contribution in [2.45, 2.75) is 20.3 Å². The quantitative estimate of drug-likeness (QED) is 0.351. The van der Waals surface area contributed by atoms with Gasteiger partial charge in [-0.25, -0.2) is 0 Å². The number of hydrogen-bond donors (Lipinski definition) is 0.